The zero-order chi connectivity index (χ0) is 13.6. The van der Waals surface area contributed by atoms with Crippen molar-refractivity contribution in [3.8, 4) is 22.8 Å². The molecule has 2 heterocycles. The first kappa shape index (κ1) is 12.5. The van der Waals surface area contributed by atoms with Crippen LogP contribution in [0.1, 0.15) is 24.3 Å². The van der Waals surface area contributed by atoms with E-state index in [1.165, 1.54) is 10.4 Å². The highest BCUT2D eigenvalue weighted by molar-refractivity contribution is 7.10. The van der Waals surface area contributed by atoms with Crippen molar-refractivity contribution in [2.24, 2.45) is 0 Å². The third kappa shape index (κ3) is 2.10. The second-order valence-corrected chi connectivity index (χ2v) is 6.52. The highest BCUT2D eigenvalue weighted by Crippen LogP contribution is 2.44. The number of nitrogens with zero attached hydrogens (tertiary/aromatic N) is 1. The lowest BCUT2D eigenvalue weighted by molar-refractivity contribution is 0.134. The summed E-state index contributed by atoms with van der Waals surface area (Å²) in [5.74, 6) is 1.68. The molecule has 0 N–H and O–H groups in total. The molecule has 1 aromatic carbocycles. The summed E-state index contributed by atoms with van der Waals surface area (Å²) in [4.78, 5) is 5.67. The van der Waals surface area contributed by atoms with Crippen LogP contribution in [-0.2, 0) is 6.42 Å². The zero-order valence-electron chi connectivity index (χ0n) is 11.6. The molecule has 4 heteroatoms. The van der Waals surface area contributed by atoms with Gasteiger partial charge >= 0.3 is 0 Å². The normalized spacial score (nSPS) is 16.0. The largest absolute Gasteiger partial charge is 0.493 e. The summed E-state index contributed by atoms with van der Waals surface area (Å²) in [5.41, 5.74) is 5.06. The second kappa shape index (κ2) is 4.23. The third-order valence-corrected chi connectivity index (χ3v) is 4.12. The van der Waals surface area contributed by atoms with Crippen molar-refractivity contribution in [2.45, 2.75) is 32.8 Å². The quantitative estimate of drug-likeness (QED) is 0.834. The lowest BCUT2D eigenvalue weighted by Gasteiger charge is -2.17. The maximum atomic E-state index is 5.98. The van der Waals surface area contributed by atoms with Crippen LogP contribution in [0.5, 0.6) is 11.5 Å². The minimum absolute atomic E-state index is 0.161. The van der Waals surface area contributed by atoms with Gasteiger partial charge in [0.25, 0.3) is 0 Å². The number of thiazole rings is 1. The molecule has 1 aliphatic heterocycles. The Bertz CT molecular complexity index is 631. The van der Waals surface area contributed by atoms with Gasteiger partial charge in [0.1, 0.15) is 5.60 Å². The fourth-order valence-corrected chi connectivity index (χ4v) is 3.15. The molecule has 1 aromatic heterocycles. The van der Waals surface area contributed by atoms with Crippen LogP contribution in [0.25, 0.3) is 11.3 Å². The summed E-state index contributed by atoms with van der Waals surface area (Å²) in [6.45, 7) is 6.29. The highest BCUT2D eigenvalue weighted by Gasteiger charge is 2.33. The van der Waals surface area contributed by atoms with Gasteiger partial charge < -0.3 is 9.47 Å². The van der Waals surface area contributed by atoms with Crippen molar-refractivity contribution in [2.75, 3.05) is 7.11 Å². The van der Waals surface area contributed by atoms with Gasteiger partial charge in [0, 0.05) is 22.4 Å². The Morgan fingerprint density at radius 2 is 2.16 bits per heavy atom. The summed E-state index contributed by atoms with van der Waals surface area (Å²) < 4.78 is 11.5. The molecule has 1 aliphatic rings. The molecule has 0 saturated carbocycles. The summed E-state index contributed by atoms with van der Waals surface area (Å²) >= 11 is 1.66. The number of fused-ring (bicyclic) bond motifs is 1. The van der Waals surface area contributed by atoms with E-state index in [4.69, 9.17) is 9.47 Å². The Balaban J connectivity index is 2.14. The number of aryl methyl sites for hydroxylation is 1. The van der Waals surface area contributed by atoms with E-state index in [1.807, 2.05) is 11.6 Å². The zero-order valence-corrected chi connectivity index (χ0v) is 12.4. The van der Waals surface area contributed by atoms with Crippen molar-refractivity contribution in [1.29, 1.82) is 0 Å². The Morgan fingerprint density at radius 1 is 1.37 bits per heavy atom. The van der Waals surface area contributed by atoms with E-state index in [0.717, 1.165) is 29.2 Å². The van der Waals surface area contributed by atoms with Crippen LogP contribution in [0.3, 0.4) is 0 Å². The minimum Gasteiger partial charge on any atom is -0.493 e. The molecule has 0 aliphatic carbocycles. The van der Waals surface area contributed by atoms with Gasteiger partial charge in [0.15, 0.2) is 11.5 Å². The van der Waals surface area contributed by atoms with Crippen molar-refractivity contribution in [3.05, 3.63) is 28.1 Å². The SMILES string of the molecule is COc1cc(-c2ncsc2C)cc2c1OC(C)(C)C2. The number of methoxy groups -OCH3 is 1. The number of hydrogen-bond acceptors (Lipinski definition) is 4. The smallest absolute Gasteiger partial charge is 0.165 e. The maximum Gasteiger partial charge on any atom is 0.165 e. The van der Waals surface area contributed by atoms with E-state index in [2.05, 4.69) is 31.8 Å². The molecule has 0 radical (unpaired) electrons. The van der Waals surface area contributed by atoms with Crippen LogP contribution in [0.15, 0.2) is 17.6 Å². The van der Waals surface area contributed by atoms with Gasteiger partial charge in [0.05, 0.1) is 18.3 Å². The fraction of sp³-hybridized carbons (Fsp3) is 0.400. The molecule has 19 heavy (non-hydrogen) atoms. The molecule has 0 bridgehead atoms. The van der Waals surface area contributed by atoms with Gasteiger partial charge in [0.2, 0.25) is 0 Å². The lowest BCUT2D eigenvalue weighted by Crippen LogP contribution is -2.24. The highest BCUT2D eigenvalue weighted by atomic mass is 32.1. The number of rotatable bonds is 2. The van der Waals surface area contributed by atoms with Gasteiger partial charge in [-0.25, -0.2) is 4.98 Å². The Labute approximate surface area is 117 Å². The van der Waals surface area contributed by atoms with E-state index in [0.29, 0.717) is 0 Å². The van der Waals surface area contributed by atoms with Crippen LogP contribution in [0.2, 0.25) is 0 Å². The molecule has 3 rings (SSSR count). The summed E-state index contributed by atoms with van der Waals surface area (Å²) in [5, 5.41) is 0. The first-order valence-corrected chi connectivity index (χ1v) is 7.18. The van der Waals surface area contributed by atoms with Crippen LogP contribution in [0.4, 0.5) is 0 Å². The van der Waals surface area contributed by atoms with E-state index < -0.39 is 0 Å². The number of aromatic nitrogens is 1. The number of ether oxygens (including phenoxy) is 2. The number of benzene rings is 1. The van der Waals surface area contributed by atoms with Gasteiger partial charge in [-0.05, 0) is 32.9 Å². The van der Waals surface area contributed by atoms with Crippen LogP contribution >= 0.6 is 11.3 Å². The van der Waals surface area contributed by atoms with Crippen molar-refractivity contribution < 1.29 is 9.47 Å². The molecular formula is C15H17NO2S. The Morgan fingerprint density at radius 3 is 2.79 bits per heavy atom. The van der Waals surface area contributed by atoms with Gasteiger partial charge in [-0.2, -0.15) is 0 Å². The molecule has 3 nitrogen and oxygen atoms in total. The minimum atomic E-state index is -0.161. The van der Waals surface area contributed by atoms with E-state index in [-0.39, 0.29) is 5.60 Å². The molecule has 100 valence electrons. The monoisotopic (exact) mass is 275 g/mol. The lowest BCUT2D eigenvalue weighted by atomic mass is 9.99. The van der Waals surface area contributed by atoms with Crippen LogP contribution < -0.4 is 9.47 Å². The van der Waals surface area contributed by atoms with Crippen molar-refractivity contribution in [3.63, 3.8) is 0 Å². The third-order valence-electron chi connectivity index (χ3n) is 3.36. The fourth-order valence-electron chi connectivity index (χ4n) is 2.55. The average Bonchev–Trinajstić information content (AvgIpc) is 2.89. The molecule has 0 fully saturated rings. The topological polar surface area (TPSA) is 31.4 Å². The summed E-state index contributed by atoms with van der Waals surface area (Å²) in [6.07, 6.45) is 0.899. The summed E-state index contributed by atoms with van der Waals surface area (Å²) in [7, 11) is 1.68. The van der Waals surface area contributed by atoms with Gasteiger partial charge in [-0.1, -0.05) is 0 Å². The average molecular weight is 275 g/mol. The van der Waals surface area contributed by atoms with Crippen LogP contribution in [-0.4, -0.2) is 17.7 Å². The molecule has 0 unspecified atom stereocenters. The molecule has 0 atom stereocenters. The van der Waals surface area contributed by atoms with E-state index >= 15 is 0 Å². The first-order chi connectivity index (χ1) is 9.00. The Kier molecular flexibility index (Phi) is 2.78. The van der Waals surface area contributed by atoms with E-state index in [1.54, 1.807) is 18.4 Å². The maximum absolute atomic E-state index is 5.98. The van der Waals surface area contributed by atoms with E-state index in [9.17, 15) is 0 Å². The van der Waals surface area contributed by atoms with Crippen molar-refractivity contribution >= 4 is 11.3 Å². The van der Waals surface area contributed by atoms with Crippen molar-refractivity contribution in [1.82, 2.24) is 4.98 Å². The Hall–Kier alpha value is -1.55. The predicted molar refractivity (Wildman–Crippen MR) is 77.3 cm³/mol. The van der Waals surface area contributed by atoms with Gasteiger partial charge in [-0.3, -0.25) is 0 Å². The number of hydrogen-bond donors (Lipinski definition) is 0. The van der Waals surface area contributed by atoms with Gasteiger partial charge in [-0.15, -0.1) is 11.3 Å². The molecule has 0 saturated heterocycles. The molecule has 2 aromatic rings. The molecule has 0 amide bonds. The van der Waals surface area contributed by atoms with Crippen LogP contribution in [0, 0.1) is 6.92 Å². The second-order valence-electron chi connectivity index (χ2n) is 5.46. The first-order valence-electron chi connectivity index (χ1n) is 6.30. The predicted octanol–water partition coefficient (Wildman–Crippen LogP) is 3.84. The molecule has 0 spiro atoms. The summed E-state index contributed by atoms with van der Waals surface area (Å²) in [6, 6.07) is 4.19. The standard InChI is InChI=1S/C15H17NO2S/c1-9-13(16-8-19-9)10-5-11-7-15(2,3)18-14(11)12(6-10)17-4/h5-6,8H,7H2,1-4H3. The molecular weight excluding hydrogens is 258 g/mol.